The van der Waals surface area contributed by atoms with E-state index in [1.54, 1.807) is 13.2 Å². The monoisotopic (exact) mass is 271 g/mol. The first-order valence-electron chi connectivity index (χ1n) is 6.11. The maximum absolute atomic E-state index is 13.2. The fourth-order valence-electron chi connectivity index (χ4n) is 1.81. The normalized spacial score (nSPS) is 10.1. The molecule has 0 aromatic heterocycles. The first-order valence-corrected chi connectivity index (χ1v) is 6.11. The van der Waals surface area contributed by atoms with Gasteiger partial charge in [0.05, 0.1) is 32.0 Å². The fraction of sp³-hybridized carbons (Fsp3) is 0.188. The van der Waals surface area contributed by atoms with Crippen LogP contribution in [0.2, 0.25) is 0 Å². The summed E-state index contributed by atoms with van der Waals surface area (Å²) in [5.41, 5.74) is 1.95. The molecule has 0 saturated heterocycles. The van der Waals surface area contributed by atoms with E-state index in [2.05, 4.69) is 0 Å². The number of benzene rings is 2. The molecule has 2 rings (SSSR count). The van der Waals surface area contributed by atoms with Gasteiger partial charge in [0.1, 0.15) is 11.6 Å². The zero-order valence-electron chi connectivity index (χ0n) is 11.1. The van der Waals surface area contributed by atoms with Gasteiger partial charge in [-0.3, -0.25) is 0 Å². The quantitative estimate of drug-likeness (QED) is 0.836. The Kier molecular flexibility index (Phi) is 4.70. The zero-order valence-corrected chi connectivity index (χ0v) is 11.1. The molecule has 0 bridgehead atoms. The predicted molar refractivity (Wildman–Crippen MR) is 72.6 cm³/mol. The van der Waals surface area contributed by atoms with Crippen LogP contribution in [0.4, 0.5) is 4.39 Å². The molecule has 2 aromatic rings. The third-order valence-corrected chi connectivity index (χ3v) is 2.78. The van der Waals surface area contributed by atoms with Crippen molar-refractivity contribution in [3.63, 3.8) is 0 Å². The molecule has 0 fully saturated rings. The van der Waals surface area contributed by atoms with Crippen molar-refractivity contribution in [2.24, 2.45) is 0 Å². The van der Waals surface area contributed by atoms with Crippen LogP contribution in [0, 0.1) is 17.1 Å². The number of rotatable bonds is 5. The van der Waals surface area contributed by atoms with E-state index < -0.39 is 5.82 Å². The molecule has 4 heteroatoms. The first-order chi connectivity index (χ1) is 9.71. The summed E-state index contributed by atoms with van der Waals surface area (Å²) in [4.78, 5) is 0. The smallest absolute Gasteiger partial charge is 0.124 e. The number of hydrogen-bond acceptors (Lipinski definition) is 3. The molecule has 0 radical (unpaired) electrons. The number of methoxy groups -OCH3 is 1. The van der Waals surface area contributed by atoms with Gasteiger partial charge < -0.3 is 9.47 Å². The topological polar surface area (TPSA) is 42.2 Å². The number of halogens is 1. The van der Waals surface area contributed by atoms with Gasteiger partial charge in [0.2, 0.25) is 0 Å². The van der Waals surface area contributed by atoms with Gasteiger partial charge in [0, 0.05) is 0 Å². The molecular formula is C16H14FNO2. The van der Waals surface area contributed by atoms with Gasteiger partial charge in [-0.25, -0.2) is 4.39 Å². The van der Waals surface area contributed by atoms with Crippen LogP contribution in [0.15, 0.2) is 42.5 Å². The Morgan fingerprint density at radius 2 is 1.75 bits per heavy atom. The van der Waals surface area contributed by atoms with Gasteiger partial charge in [-0.2, -0.15) is 5.26 Å². The molecule has 0 N–H and O–H groups in total. The van der Waals surface area contributed by atoms with E-state index in [0.717, 1.165) is 11.3 Å². The molecule has 0 aliphatic heterocycles. The maximum Gasteiger partial charge on any atom is 0.124 e. The SMILES string of the molecule is COc1ccc(COCc2cc(F)cc(C#N)c2)cc1. The van der Waals surface area contributed by atoms with Crippen molar-refractivity contribution < 1.29 is 13.9 Å². The first kappa shape index (κ1) is 14.0. The Hall–Kier alpha value is -2.38. The molecule has 0 aliphatic carbocycles. The lowest BCUT2D eigenvalue weighted by atomic mass is 10.1. The molecule has 20 heavy (non-hydrogen) atoms. The zero-order chi connectivity index (χ0) is 14.4. The number of nitriles is 1. The standard InChI is InChI=1S/C16H14FNO2/c1-19-16-4-2-12(3-5-16)10-20-11-14-6-13(9-18)7-15(17)8-14/h2-8H,10-11H2,1H3. The molecule has 0 aliphatic rings. The maximum atomic E-state index is 13.2. The van der Waals surface area contributed by atoms with Crippen LogP contribution >= 0.6 is 0 Å². The van der Waals surface area contributed by atoms with Gasteiger partial charge >= 0.3 is 0 Å². The highest BCUT2D eigenvalue weighted by atomic mass is 19.1. The van der Waals surface area contributed by atoms with E-state index >= 15 is 0 Å². The van der Waals surface area contributed by atoms with Crippen molar-refractivity contribution in [1.82, 2.24) is 0 Å². The lowest BCUT2D eigenvalue weighted by Crippen LogP contribution is -1.96. The van der Waals surface area contributed by atoms with E-state index in [1.807, 2.05) is 30.3 Å². The minimum atomic E-state index is -0.424. The van der Waals surface area contributed by atoms with E-state index in [1.165, 1.54) is 12.1 Å². The van der Waals surface area contributed by atoms with E-state index in [9.17, 15) is 4.39 Å². The Morgan fingerprint density at radius 3 is 2.40 bits per heavy atom. The third kappa shape index (κ3) is 3.81. The molecule has 2 aromatic carbocycles. The second-order valence-electron chi connectivity index (χ2n) is 4.30. The minimum absolute atomic E-state index is 0.262. The Morgan fingerprint density at radius 1 is 1.05 bits per heavy atom. The molecule has 0 spiro atoms. The minimum Gasteiger partial charge on any atom is -0.497 e. The lowest BCUT2D eigenvalue weighted by molar-refractivity contribution is 0.107. The highest BCUT2D eigenvalue weighted by molar-refractivity contribution is 5.33. The Labute approximate surface area is 117 Å². The van der Waals surface area contributed by atoms with Crippen LogP contribution in [0.1, 0.15) is 16.7 Å². The number of hydrogen-bond donors (Lipinski definition) is 0. The predicted octanol–water partition coefficient (Wildman–Crippen LogP) is 3.42. The summed E-state index contributed by atoms with van der Waals surface area (Å²) in [5, 5.41) is 8.77. The second-order valence-corrected chi connectivity index (χ2v) is 4.30. The molecule has 0 atom stereocenters. The highest BCUT2D eigenvalue weighted by Gasteiger charge is 2.01. The summed E-state index contributed by atoms with van der Waals surface area (Å²) in [6, 6.07) is 13.6. The van der Waals surface area contributed by atoms with Crippen molar-refractivity contribution >= 4 is 0 Å². The average molecular weight is 271 g/mol. The molecule has 0 saturated carbocycles. The van der Waals surface area contributed by atoms with Gasteiger partial charge in [-0.15, -0.1) is 0 Å². The third-order valence-electron chi connectivity index (χ3n) is 2.78. The molecule has 0 heterocycles. The largest absolute Gasteiger partial charge is 0.497 e. The van der Waals surface area contributed by atoms with Crippen LogP contribution in [-0.4, -0.2) is 7.11 Å². The summed E-state index contributed by atoms with van der Waals surface area (Å²) in [7, 11) is 1.61. The summed E-state index contributed by atoms with van der Waals surface area (Å²) in [6.07, 6.45) is 0. The molecule has 0 unspecified atom stereocenters. The summed E-state index contributed by atoms with van der Waals surface area (Å²) >= 11 is 0. The van der Waals surface area contributed by atoms with Crippen LogP contribution in [0.3, 0.4) is 0 Å². The molecule has 3 nitrogen and oxygen atoms in total. The summed E-state index contributed by atoms with van der Waals surface area (Å²) < 4.78 is 23.8. The van der Waals surface area contributed by atoms with E-state index in [4.69, 9.17) is 14.7 Å². The van der Waals surface area contributed by atoms with Crippen molar-refractivity contribution in [3.05, 3.63) is 65.0 Å². The van der Waals surface area contributed by atoms with Crippen molar-refractivity contribution in [2.75, 3.05) is 7.11 Å². The van der Waals surface area contributed by atoms with Crippen LogP contribution < -0.4 is 4.74 Å². The molecule has 102 valence electrons. The van der Waals surface area contributed by atoms with Gasteiger partial charge in [-0.05, 0) is 41.5 Å². The molecule has 0 amide bonds. The van der Waals surface area contributed by atoms with Crippen molar-refractivity contribution in [3.8, 4) is 11.8 Å². The Balaban J connectivity index is 1.92. The highest BCUT2D eigenvalue weighted by Crippen LogP contribution is 2.14. The van der Waals surface area contributed by atoms with Gasteiger partial charge in [-0.1, -0.05) is 12.1 Å². The van der Waals surface area contributed by atoms with Gasteiger partial charge in [0.15, 0.2) is 0 Å². The summed E-state index contributed by atoms with van der Waals surface area (Å²) in [6.45, 7) is 0.681. The van der Waals surface area contributed by atoms with Crippen molar-refractivity contribution in [1.29, 1.82) is 5.26 Å². The summed E-state index contributed by atoms with van der Waals surface area (Å²) in [5.74, 6) is 0.365. The number of nitrogens with zero attached hydrogens (tertiary/aromatic N) is 1. The van der Waals surface area contributed by atoms with Crippen LogP contribution in [-0.2, 0) is 18.0 Å². The van der Waals surface area contributed by atoms with Crippen molar-refractivity contribution in [2.45, 2.75) is 13.2 Å². The fourth-order valence-corrected chi connectivity index (χ4v) is 1.81. The second kappa shape index (κ2) is 6.69. The van der Waals surface area contributed by atoms with E-state index in [0.29, 0.717) is 17.7 Å². The van der Waals surface area contributed by atoms with E-state index in [-0.39, 0.29) is 6.61 Å². The van der Waals surface area contributed by atoms with Crippen LogP contribution in [0.25, 0.3) is 0 Å². The molecular weight excluding hydrogens is 257 g/mol. The van der Waals surface area contributed by atoms with Crippen LogP contribution in [0.5, 0.6) is 5.75 Å². The van der Waals surface area contributed by atoms with Gasteiger partial charge in [0.25, 0.3) is 0 Å². The Bertz CT molecular complexity index is 617. The number of ether oxygens (including phenoxy) is 2. The average Bonchev–Trinajstić information content (AvgIpc) is 2.47. The lowest BCUT2D eigenvalue weighted by Gasteiger charge is -2.06.